The SMILES string of the molecule is Cl.NC(=O)c1ccc2[nH]ccc2c1.[NaH]. The van der Waals surface area contributed by atoms with Crippen molar-refractivity contribution in [1.82, 2.24) is 4.98 Å². The third-order valence-electron chi connectivity index (χ3n) is 1.84. The molecule has 0 saturated heterocycles. The molecule has 1 heterocycles. The van der Waals surface area contributed by atoms with Crippen molar-refractivity contribution >= 4 is 58.8 Å². The van der Waals surface area contributed by atoms with Gasteiger partial charge in [0.05, 0.1) is 0 Å². The fourth-order valence-electron chi connectivity index (χ4n) is 1.21. The Morgan fingerprint density at radius 2 is 2.00 bits per heavy atom. The Balaban J connectivity index is 0.000000845. The van der Waals surface area contributed by atoms with Crippen LogP contribution < -0.4 is 5.73 Å². The van der Waals surface area contributed by atoms with E-state index in [-0.39, 0.29) is 42.0 Å². The van der Waals surface area contributed by atoms with Crippen molar-refractivity contribution in [3.63, 3.8) is 0 Å². The molecule has 3 N–H and O–H groups in total. The molecule has 0 spiro atoms. The van der Waals surface area contributed by atoms with Crippen molar-refractivity contribution in [2.45, 2.75) is 0 Å². The van der Waals surface area contributed by atoms with Crippen molar-refractivity contribution in [3.8, 4) is 0 Å². The summed E-state index contributed by atoms with van der Waals surface area (Å²) in [6.45, 7) is 0. The van der Waals surface area contributed by atoms with Gasteiger partial charge < -0.3 is 10.7 Å². The number of carbonyl (C=O) groups excluding carboxylic acids is 1. The second kappa shape index (κ2) is 5.41. The summed E-state index contributed by atoms with van der Waals surface area (Å²) in [5, 5.41) is 1.01. The molecule has 70 valence electrons. The van der Waals surface area contributed by atoms with Crippen molar-refractivity contribution in [2.24, 2.45) is 5.73 Å². The van der Waals surface area contributed by atoms with E-state index < -0.39 is 5.91 Å². The first-order valence-corrected chi connectivity index (χ1v) is 3.64. The number of hydrogen-bond acceptors (Lipinski definition) is 1. The number of primary amides is 1. The Hall–Kier alpha value is -0.480. The van der Waals surface area contributed by atoms with E-state index in [1.54, 1.807) is 12.1 Å². The number of aromatic nitrogens is 1. The minimum absolute atomic E-state index is 0. The fourth-order valence-corrected chi connectivity index (χ4v) is 1.21. The van der Waals surface area contributed by atoms with Gasteiger partial charge in [-0.3, -0.25) is 4.79 Å². The van der Waals surface area contributed by atoms with Crippen molar-refractivity contribution < 1.29 is 4.79 Å². The molecular formula is C9H10ClN2NaO. The predicted octanol–water partition coefficient (Wildman–Crippen LogP) is 1.04. The summed E-state index contributed by atoms with van der Waals surface area (Å²) in [5.41, 5.74) is 6.68. The Labute approximate surface area is 110 Å². The van der Waals surface area contributed by atoms with Crippen LogP contribution in [-0.4, -0.2) is 40.4 Å². The van der Waals surface area contributed by atoms with Crippen LogP contribution in [0.15, 0.2) is 30.5 Å². The number of benzene rings is 1. The maximum atomic E-state index is 10.8. The molecule has 0 aliphatic rings. The Morgan fingerprint density at radius 3 is 2.64 bits per heavy atom. The van der Waals surface area contributed by atoms with Crippen molar-refractivity contribution in [1.29, 1.82) is 0 Å². The monoisotopic (exact) mass is 220 g/mol. The number of carbonyl (C=O) groups is 1. The van der Waals surface area contributed by atoms with Crippen LogP contribution >= 0.6 is 12.4 Å². The first-order chi connectivity index (χ1) is 5.77. The number of amides is 1. The van der Waals surface area contributed by atoms with Crippen molar-refractivity contribution in [2.75, 3.05) is 0 Å². The number of aromatic amines is 1. The van der Waals surface area contributed by atoms with Gasteiger partial charge in [-0.1, -0.05) is 0 Å². The zero-order valence-corrected chi connectivity index (χ0v) is 7.60. The molecule has 0 saturated carbocycles. The van der Waals surface area contributed by atoms with Crippen LogP contribution in [0.3, 0.4) is 0 Å². The van der Waals surface area contributed by atoms with Gasteiger partial charge in [0.15, 0.2) is 0 Å². The topological polar surface area (TPSA) is 58.9 Å². The van der Waals surface area contributed by atoms with Crippen LogP contribution in [0.2, 0.25) is 0 Å². The molecule has 1 amide bonds. The van der Waals surface area contributed by atoms with Crippen LogP contribution in [0.5, 0.6) is 0 Å². The van der Waals surface area contributed by atoms with Crippen molar-refractivity contribution in [3.05, 3.63) is 36.0 Å². The van der Waals surface area contributed by atoms with Gasteiger partial charge >= 0.3 is 29.6 Å². The molecule has 1 aromatic carbocycles. The molecule has 1 aromatic heterocycles. The third kappa shape index (κ3) is 2.51. The zero-order chi connectivity index (χ0) is 8.55. The quantitative estimate of drug-likeness (QED) is 0.694. The van der Waals surface area contributed by atoms with Gasteiger partial charge in [-0.15, -0.1) is 12.4 Å². The number of fused-ring (bicyclic) bond motifs is 1. The minimum atomic E-state index is -0.391. The molecule has 0 aliphatic carbocycles. The number of nitrogens with one attached hydrogen (secondary N) is 1. The fraction of sp³-hybridized carbons (Fsp3) is 0. The number of halogens is 1. The molecule has 5 heteroatoms. The average molecular weight is 221 g/mol. The van der Waals surface area contributed by atoms with Gasteiger partial charge in [-0.25, -0.2) is 0 Å². The van der Waals surface area contributed by atoms with Crippen LogP contribution in [0, 0.1) is 0 Å². The van der Waals surface area contributed by atoms with E-state index >= 15 is 0 Å². The Kier molecular flexibility index (Phi) is 5.23. The van der Waals surface area contributed by atoms with E-state index in [4.69, 9.17) is 5.73 Å². The molecule has 2 aromatic rings. The molecule has 0 aliphatic heterocycles. The molecule has 0 unspecified atom stereocenters. The number of hydrogen-bond donors (Lipinski definition) is 2. The summed E-state index contributed by atoms with van der Waals surface area (Å²) in [7, 11) is 0. The second-order valence-electron chi connectivity index (χ2n) is 2.64. The molecular weight excluding hydrogens is 211 g/mol. The number of H-pyrrole nitrogens is 1. The van der Waals surface area contributed by atoms with Crippen LogP contribution in [0.1, 0.15) is 10.4 Å². The van der Waals surface area contributed by atoms with E-state index in [0.717, 1.165) is 10.9 Å². The normalized spacial score (nSPS) is 8.86. The van der Waals surface area contributed by atoms with E-state index in [0.29, 0.717) is 5.56 Å². The van der Waals surface area contributed by atoms with Gasteiger partial charge in [-0.05, 0) is 24.3 Å². The summed E-state index contributed by atoms with van der Waals surface area (Å²) in [6, 6.07) is 7.23. The first kappa shape index (κ1) is 13.5. The van der Waals surface area contributed by atoms with Crippen LogP contribution in [0.4, 0.5) is 0 Å². The van der Waals surface area contributed by atoms with Gasteiger partial charge in [-0.2, -0.15) is 0 Å². The average Bonchev–Trinajstić information content (AvgIpc) is 2.49. The summed E-state index contributed by atoms with van der Waals surface area (Å²) in [5.74, 6) is -0.391. The second-order valence-corrected chi connectivity index (χ2v) is 2.64. The maximum absolute atomic E-state index is 10.8. The van der Waals surface area contributed by atoms with Gasteiger partial charge in [0.25, 0.3) is 0 Å². The molecule has 0 atom stereocenters. The van der Waals surface area contributed by atoms with E-state index in [2.05, 4.69) is 4.98 Å². The molecule has 3 nitrogen and oxygen atoms in total. The summed E-state index contributed by atoms with van der Waals surface area (Å²) in [4.78, 5) is 13.8. The molecule has 0 bridgehead atoms. The van der Waals surface area contributed by atoms with Crippen LogP contribution in [-0.2, 0) is 0 Å². The number of nitrogens with two attached hydrogens (primary N) is 1. The molecule has 0 fully saturated rings. The van der Waals surface area contributed by atoms with Gasteiger partial charge in [0, 0.05) is 22.7 Å². The molecule has 14 heavy (non-hydrogen) atoms. The zero-order valence-electron chi connectivity index (χ0n) is 6.78. The molecule has 0 radical (unpaired) electrons. The van der Waals surface area contributed by atoms with Crippen LogP contribution in [0.25, 0.3) is 10.9 Å². The summed E-state index contributed by atoms with van der Waals surface area (Å²) < 4.78 is 0. The van der Waals surface area contributed by atoms with E-state index in [1.165, 1.54) is 0 Å². The summed E-state index contributed by atoms with van der Waals surface area (Å²) >= 11 is 0. The number of rotatable bonds is 1. The Bertz CT molecular complexity index is 441. The third-order valence-corrected chi connectivity index (χ3v) is 1.84. The predicted molar refractivity (Wildman–Crippen MR) is 61.2 cm³/mol. The van der Waals surface area contributed by atoms with E-state index in [1.807, 2.05) is 18.3 Å². The first-order valence-electron chi connectivity index (χ1n) is 3.64. The van der Waals surface area contributed by atoms with Gasteiger partial charge in [0.1, 0.15) is 0 Å². The molecule has 2 rings (SSSR count). The Morgan fingerprint density at radius 1 is 1.29 bits per heavy atom. The summed E-state index contributed by atoms with van der Waals surface area (Å²) in [6.07, 6.45) is 1.83. The standard InChI is InChI=1S/C9H8N2O.ClH.Na.H/c10-9(12)7-1-2-8-6(5-7)3-4-11-8;;;/h1-5,11H,(H2,10,12);1H;;. The van der Waals surface area contributed by atoms with Gasteiger partial charge in [0.2, 0.25) is 5.91 Å². The van der Waals surface area contributed by atoms with E-state index in [9.17, 15) is 4.79 Å².